The average Bonchev–Trinajstić information content (AvgIpc) is 3.23. The number of hydrogen-bond acceptors (Lipinski definition) is 4. The summed E-state index contributed by atoms with van der Waals surface area (Å²) in [6, 6.07) is 15.1. The van der Waals surface area contributed by atoms with Gasteiger partial charge in [0.2, 0.25) is 20.0 Å². The second-order valence-corrected chi connectivity index (χ2v) is 10.5. The summed E-state index contributed by atoms with van der Waals surface area (Å²) in [5, 5.41) is 0. The number of benzene rings is 2. The van der Waals surface area contributed by atoms with Crippen LogP contribution in [0.15, 0.2) is 64.4 Å². The molecule has 0 spiro atoms. The molecule has 1 heterocycles. The van der Waals surface area contributed by atoms with Crippen molar-refractivity contribution in [2.45, 2.75) is 35.5 Å². The first-order chi connectivity index (χ1) is 12.8. The van der Waals surface area contributed by atoms with Gasteiger partial charge in [0.15, 0.2) is 0 Å². The predicted molar refractivity (Wildman–Crippen MR) is 104 cm³/mol. The molecule has 1 aliphatic rings. The Morgan fingerprint density at radius 3 is 2.04 bits per heavy atom. The number of nitrogens with zero attached hydrogens (tertiary/aromatic N) is 1. The first-order valence-corrected chi connectivity index (χ1v) is 11.9. The van der Waals surface area contributed by atoms with E-state index in [1.165, 1.54) is 28.6 Å². The zero-order valence-corrected chi connectivity index (χ0v) is 16.8. The fourth-order valence-corrected chi connectivity index (χ4v) is 5.73. The first-order valence-electron chi connectivity index (χ1n) is 8.95. The maximum Gasteiger partial charge on any atom is 0.243 e. The van der Waals surface area contributed by atoms with Crippen molar-refractivity contribution in [3.05, 3.63) is 60.2 Å². The molecule has 6 nitrogen and oxygen atoms in total. The summed E-state index contributed by atoms with van der Waals surface area (Å²) in [7, 11) is -7.25. The fraction of sp³-hybridized carbons (Fsp3) is 0.368. The molecule has 8 heteroatoms. The van der Waals surface area contributed by atoms with Crippen LogP contribution in [0.4, 0.5) is 0 Å². The molecule has 0 aliphatic carbocycles. The second-order valence-electron chi connectivity index (χ2n) is 6.75. The van der Waals surface area contributed by atoms with E-state index in [1.54, 1.807) is 0 Å². The summed E-state index contributed by atoms with van der Waals surface area (Å²) in [6.07, 6.45) is 1.71. The third-order valence-electron chi connectivity index (χ3n) is 4.78. The summed E-state index contributed by atoms with van der Waals surface area (Å²) in [5.41, 5.74) is 1.05. The Balaban J connectivity index is 1.70. The van der Waals surface area contributed by atoms with E-state index in [4.69, 9.17) is 0 Å². The third kappa shape index (κ3) is 4.57. The minimum Gasteiger partial charge on any atom is -0.211 e. The third-order valence-corrected chi connectivity index (χ3v) is 8.14. The van der Waals surface area contributed by atoms with Crippen LogP contribution in [0.2, 0.25) is 0 Å². The lowest BCUT2D eigenvalue weighted by molar-refractivity contribution is 0.477. The zero-order chi connectivity index (χ0) is 19.5. The quantitative estimate of drug-likeness (QED) is 0.763. The molecule has 2 aromatic carbocycles. The SMILES string of the molecule is C[C@H](CNS(=O)(=O)c1ccc(S(=O)(=O)N2CCCC2)cc1)c1ccccc1. The lowest BCUT2D eigenvalue weighted by Gasteiger charge is -2.16. The van der Waals surface area contributed by atoms with Crippen LogP contribution in [0, 0.1) is 0 Å². The van der Waals surface area contributed by atoms with E-state index in [-0.39, 0.29) is 22.3 Å². The Kier molecular flexibility index (Phi) is 6.00. The fourth-order valence-electron chi connectivity index (χ4n) is 3.09. The van der Waals surface area contributed by atoms with Crippen molar-refractivity contribution in [2.75, 3.05) is 19.6 Å². The van der Waals surface area contributed by atoms with Crippen molar-refractivity contribution in [2.24, 2.45) is 0 Å². The highest BCUT2D eigenvalue weighted by Gasteiger charge is 2.27. The predicted octanol–water partition coefficient (Wildman–Crippen LogP) is 2.55. The van der Waals surface area contributed by atoms with E-state index in [0.717, 1.165) is 18.4 Å². The van der Waals surface area contributed by atoms with E-state index < -0.39 is 20.0 Å². The smallest absolute Gasteiger partial charge is 0.211 e. The lowest BCUT2D eigenvalue weighted by Crippen LogP contribution is -2.29. The summed E-state index contributed by atoms with van der Waals surface area (Å²) in [6.45, 7) is 3.24. The highest BCUT2D eigenvalue weighted by molar-refractivity contribution is 7.89. The van der Waals surface area contributed by atoms with Gasteiger partial charge in [-0.25, -0.2) is 21.6 Å². The molecule has 0 saturated carbocycles. The maximum absolute atomic E-state index is 12.5. The van der Waals surface area contributed by atoms with Crippen LogP contribution in [0.3, 0.4) is 0 Å². The zero-order valence-electron chi connectivity index (χ0n) is 15.2. The van der Waals surface area contributed by atoms with Gasteiger partial charge in [0.05, 0.1) is 9.79 Å². The van der Waals surface area contributed by atoms with Gasteiger partial charge in [-0.05, 0) is 48.6 Å². The standard InChI is InChI=1S/C19H24N2O4S2/c1-16(17-7-3-2-4-8-17)15-20-26(22,23)18-9-11-19(12-10-18)27(24,25)21-13-5-6-14-21/h2-4,7-12,16,20H,5-6,13-15H2,1H3/t16-/m1/s1. The van der Waals surface area contributed by atoms with Crippen molar-refractivity contribution in [3.8, 4) is 0 Å². The summed E-state index contributed by atoms with van der Waals surface area (Å²) < 4.78 is 54.1. The van der Waals surface area contributed by atoms with Crippen LogP contribution in [0.25, 0.3) is 0 Å². The van der Waals surface area contributed by atoms with Gasteiger partial charge in [-0.2, -0.15) is 4.31 Å². The van der Waals surface area contributed by atoms with Gasteiger partial charge in [0.25, 0.3) is 0 Å². The molecule has 0 aromatic heterocycles. The van der Waals surface area contributed by atoms with Crippen LogP contribution >= 0.6 is 0 Å². The number of hydrogen-bond donors (Lipinski definition) is 1. The monoisotopic (exact) mass is 408 g/mol. The highest BCUT2D eigenvalue weighted by atomic mass is 32.2. The van der Waals surface area contributed by atoms with E-state index in [0.29, 0.717) is 13.1 Å². The minimum atomic E-state index is -3.70. The normalized spacial score (nSPS) is 17.1. The van der Waals surface area contributed by atoms with Crippen molar-refractivity contribution in [1.29, 1.82) is 0 Å². The molecular formula is C19H24N2O4S2. The number of rotatable bonds is 7. The molecule has 1 atom stereocenters. The summed E-state index contributed by atoms with van der Waals surface area (Å²) >= 11 is 0. The van der Waals surface area contributed by atoms with E-state index >= 15 is 0 Å². The van der Waals surface area contributed by atoms with Crippen LogP contribution in [0.1, 0.15) is 31.2 Å². The molecule has 1 saturated heterocycles. The Bertz CT molecular complexity index is 966. The summed E-state index contributed by atoms with van der Waals surface area (Å²) in [4.78, 5) is 0.184. The molecule has 1 aliphatic heterocycles. The van der Waals surface area contributed by atoms with Gasteiger partial charge < -0.3 is 0 Å². The summed E-state index contributed by atoms with van der Waals surface area (Å²) in [5.74, 6) is 0.0239. The van der Waals surface area contributed by atoms with Crippen LogP contribution < -0.4 is 4.72 Å². The van der Waals surface area contributed by atoms with Gasteiger partial charge in [-0.15, -0.1) is 0 Å². The molecular weight excluding hydrogens is 384 g/mol. The topological polar surface area (TPSA) is 83.5 Å². The van der Waals surface area contributed by atoms with Gasteiger partial charge in [-0.1, -0.05) is 37.3 Å². The van der Waals surface area contributed by atoms with Crippen molar-refractivity contribution in [1.82, 2.24) is 9.03 Å². The number of sulfonamides is 2. The molecule has 0 radical (unpaired) electrons. The number of nitrogens with one attached hydrogen (secondary N) is 1. The molecule has 2 aromatic rings. The van der Waals surface area contributed by atoms with Crippen LogP contribution in [-0.2, 0) is 20.0 Å². The van der Waals surface area contributed by atoms with E-state index in [1.807, 2.05) is 37.3 Å². The molecule has 0 unspecified atom stereocenters. The van der Waals surface area contributed by atoms with Gasteiger partial charge in [0.1, 0.15) is 0 Å². The minimum absolute atomic E-state index is 0.0239. The first kappa shape index (κ1) is 20.0. The Hall–Kier alpha value is -1.74. The van der Waals surface area contributed by atoms with Crippen molar-refractivity contribution in [3.63, 3.8) is 0 Å². The van der Waals surface area contributed by atoms with Crippen LogP contribution in [-0.4, -0.2) is 40.8 Å². The van der Waals surface area contributed by atoms with Gasteiger partial charge >= 0.3 is 0 Å². The maximum atomic E-state index is 12.5. The molecule has 0 amide bonds. The Morgan fingerprint density at radius 2 is 1.44 bits per heavy atom. The molecule has 1 fully saturated rings. The highest BCUT2D eigenvalue weighted by Crippen LogP contribution is 2.22. The Morgan fingerprint density at radius 1 is 0.889 bits per heavy atom. The average molecular weight is 409 g/mol. The van der Waals surface area contributed by atoms with Crippen LogP contribution in [0.5, 0.6) is 0 Å². The molecule has 3 rings (SSSR count). The van der Waals surface area contributed by atoms with E-state index in [9.17, 15) is 16.8 Å². The van der Waals surface area contributed by atoms with E-state index in [2.05, 4.69) is 4.72 Å². The molecule has 1 N–H and O–H groups in total. The molecule has 146 valence electrons. The lowest BCUT2D eigenvalue weighted by atomic mass is 10.0. The second kappa shape index (κ2) is 8.10. The van der Waals surface area contributed by atoms with Crippen molar-refractivity contribution < 1.29 is 16.8 Å². The van der Waals surface area contributed by atoms with Gasteiger partial charge in [0, 0.05) is 19.6 Å². The van der Waals surface area contributed by atoms with Gasteiger partial charge in [-0.3, -0.25) is 0 Å². The van der Waals surface area contributed by atoms with Crippen molar-refractivity contribution >= 4 is 20.0 Å². The molecule has 0 bridgehead atoms. The molecule has 27 heavy (non-hydrogen) atoms. The Labute approximate surface area is 161 Å². The largest absolute Gasteiger partial charge is 0.243 e.